The van der Waals surface area contributed by atoms with Crippen molar-refractivity contribution >= 4 is 89.7 Å². The van der Waals surface area contributed by atoms with Gasteiger partial charge >= 0.3 is 5.97 Å². The molecule has 12 heteroatoms. The number of anilines is 1. The van der Waals surface area contributed by atoms with Gasteiger partial charge in [-0.2, -0.15) is 0 Å². The van der Waals surface area contributed by atoms with Crippen molar-refractivity contribution in [2.45, 2.75) is 20.8 Å². The molecule has 0 spiro atoms. The molecule has 0 unspecified atom stereocenters. The van der Waals surface area contributed by atoms with E-state index in [1.807, 2.05) is 32.9 Å². The van der Waals surface area contributed by atoms with Crippen molar-refractivity contribution < 1.29 is 29.0 Å². The number of amides is 2. The van der Waals surface area contributed by atoms with Crippen molar-refractivity contribution in [1.82, 2.24) is 4.90 Å². The number of nitrogens with one attached hydrogen (secondary N) is 1. The predicted molar refractivity (Wildman–Crippen MR) is 151 cm³/mol. The molecule has 0 radical (unpaired) electrons. The fourth-order valence-electron chi connectivity index (χ4n) is 3.20. The van der Waals surface area contributed by atoms with Gasteiger partial charge in [-0.3, -0.25) is 19.3 Å². The van der Waals surface area contributed by atoms with E-state index < -0.39 is 18.4 Å². The summed E-state index contributed by atoms with van der Waals surface area (Å²) < 4.78 is 13.0. The number of hydrogen-bond donors (Lipinski definition) is 2. The lowest BCUT2D eigenvalue weighted by atomic mass is 10.1. The van der Waals surface area contributed by atoms with E-state index in [2.05, 4.69) is 37.2 Å². The molecular formula is C24H22Br2N2O6S2. The van der Waals surface area contributed by atoms with Crippen LogP contribution in [0, 0.1) is 13.8 Å². The average Bonchev–Trinajstić information content (AvgIpc) is 3.04. The molecule has 0 bridgehead atoms. The third kappa shape index (κ3) is 6.87. The highest BCUT2D eigenvalue weighted by atomic mass is 79.9. The van der Waals surface area contributed by atoms with Crippen molar-refractivity contribution in [3.05, 3.63) is 54.8 Å². The summed E-state index contributed by atoms with van der Waals surface area (Å²) in [6.07, 6.45) is 1.60. The maximum Gasteiger partial charge on any atom is 0.323 e. The number of carboxylic acid groups (broad SMARTS) is 1. The summed E-state index contributed by atoms with van der Waals surface area (Å²) >= 11 is 13.1. The normalized spacial score (nSPS) is 14.4. The molecule has 36 heavy (non-hydrogen) atoms. The third-order valence-electron chi connectivity index (χ3n) is 5.00. The molecule has 0 aromatic heterocycles. The first-order valence-corrected chi connectivity index (χ1v) is 13.4. The van der Waals surface area contributed by atoms with E-state index in [9.17, 15) is 14.4 Å². The Morgan fingerprint density at radius 2 is 1.83 bits per heavy atom. The molecule has 1 aliphatic heterocycles. The van der Waals surface area contributed by atoms with Crippen LogP contribution >= 0.6 is 55.8 Å². The van der Waals surface area contributed by atoms with E-state index in [0.29, 0.717) is 38.7 Å². The summed E-state index contributed by atoms with van der Waals surface area (Å²) in [5.74, 6) is -1.26. The second-order valence-corrected chi connectivity index (χ2v) is 11.1. The first-order valence-electron chi connectivity index (χ1n) is 10.6. The van der Waals surface area contributed by atoms with E-state index in [1.165, 1.54) is 0 Å². The zero-order valence-electron chi connectivity index (χ0n) is 19.5. The largest absolute Gasteiger partial charge is 0.490 e. The van der Waals surface area contributed by atoms with Crippen molar-refractivity contribution in [3.8, 4) is 11.5 Å². The smallest absolute Gasteiger partial charge is 0.323 e. The number of aliphatic carboxylic acids is 1. The monoisotopic (exact) mass is 656 g/mol. The zero-order valence-corrected chi connectivity index (χ0v) is 24.3. The minimum Gasteiger partial charge on any atom is -0.490 e. The van der Waals surface area contributed by atoms with Crippen LogP contribution < -0.4 is 14.8 Å². The zero-order chi connectivity index (χ0) is 26.6. The van der Waals surface area contributed by atoms with Crippen molar-refractivity contribution in [2.24, 2.45) is 0 Å². The van der Waals surface area contributed by atoms with Gasteiger partial charge in [0.15, 0.2) is 18.1 Å². The summed E-state index contributed by atoms with van der Waals surface area (Å²) in [5, 5.41) is 11.8. The van der Waals surface area contributed by atoms with E-state index in [4.69, 9.17) is 26.8 Å². The summed E-state index contributed by atoms with van der Waals surface area (Å²) in [6.45, 7) is 5.35. The Kier molecular flexibility index (Phi) is 9.56. The molecule has 0 saturated carbocycles. The van der Waals surface area contributed by atoms with Crippen LogP contribution in [0.1, 0.15) is 23.6 Å². The van der Waals surface area contributed by atoms with Gasteiger partial charge in [0.25, 0.3) is 11.8 Å². The summed E-state index contributed by atoms with van der Waals surface area (Å²) in [7, 11) is 0. The molecule has 2 aromatic carbocycles. The third-order valence-corrected chi connectivity index (χ3v) is 7.62. The number of carboxylic acids is 1. The first kappa shape index (κ1) is 28.2. The Hall–Kier alpha value is -2.41. The maximum absolute atomic E-state index is 12.6. The molecule has 8 nitrogen and oxygen atoms in total. The highest BCUT2D eigenvalue weighted by molar-refractivity contribution is 9.11. The number of benzene rings is 2. The molecule has 2 amide bonds. The van der Waals surface area contributed by atoms with Gasteiger partial charge in [-0.15, -0.1) is 0 Å². The molecule has 0 atom stereocenters. The number of halogens is 2. The Morgan fingerprint density at radius 1 is 1.14 bits per heavy atom. The standard InChI is InChI=1S/C24H22Br2N2O6S2/c1-4-33-18-8-14(9-19-23(32)28(10-21(30)31)24(35)36-19)7-16(26)22(18)34-11-20(29)27-17-6-13(3)12(2)5-15(17)25/h5-9H,4,10-11H2,1-3H3,(H,27,29)(H,30,31)/b19-9+. The number of ether oxygens (including phenoxy) is 2. The summed E-state index contributed by atoms with van der Waals surface area (Å²) in [4.78, 5) is 37.5. The summed E-state index contributed by atoms with van der Waals surface area (Å²) in [6, 6.07) is 7.20. The number of hydrogen-bond acceptors (Lipinski definition) is 7. The SMILES string of the molecule is CCOc1cc(/C=C2/SC(=S)N(CC(=O)O)C2=O)cc(Br)c1OCC(=O)Nc1cc(C)c(C)cc1Br. The van der Waals surface area contributed by atoms with E-state index in [-0.39, 0.29) is 16.8 Å². The van der Waals surface area contributed by atoms with Gasteiger partial charge in [0.05, 0.1) is 21.7 Å². The fourth-order valence-corrected chi connectivity index (χ4v) is 5.58. The van der Waals surface area contributed by atoms with Crippen LogP contribution in [0.2, 0.25) is 0 Å². The number of aryl methyl sites for hydroxylation is 2. The fraction of sp³-hybridized carbons (Fsp3) is 0.250. The van der Waals surface area contributed by atoms with Gasteiger partial charge in [0.1, 0.15) is 10.9 Å². The van der Waals surface area contributed by atoms with Gasteiger partial charge in [0.2, 0.25) is 0 Å². The maximum atomic E-state index is 12.6. The Bertz CT molecular complexity index is 1280. The molecule has 2 N–H and O–H groups in total. The second-order valence-electron chi connectivity index (χ2n) is 7.68. The topological polar surface area (TPSA) is 105 Å². The molecule has 1 heterocycles. The van der Waals surface area contributed by atoms with E-state index in [1.54, 1.807) is 18.2 Å². The molecule has 1 aliphatic rings. The highest BCUT2D eigenvalue weighted by Crippen LogP contribution is 2.39. The number of rotatable bonds is 9. The molecular weight excluding hydrogens is 636 g/mol. The Morgan fingerprint density at radius 3 is 2.50 bits per heavy atom. The van der Waals surface area contributed by atoms with Crippen molar-refractivity contribution in [3.63, 3.8) is 0 Å². The van der Waals surface area contributed by atoms with Crippen LogP contribution in [0.5, 0.6) is 11.5 Å². The van der Waals surface area contributed by atoms with Crippen LogP contribution in [0.25, 0.3) is 6.08 Å². The van der Waals surface area contributed by atoms with Crippen LogP contribution in [0.4, 0.5) is 5.69 Å². The van der Waals surface area contributed by atoms with Crippen molar-refractivity contribution in [1.29, 1.82) is 0 Å². The molecule has 1 fully saturated rings. The van der Waals surface area contributed by atoms with Gasteiger partial charge in [0, 0.05) is 4.47 Å². The Balaban J connectivity index is 1.78. The molecule has 3 rings (SSSR count). The van der Waals surface area contributed by atoms with Crippen LogP contribution in [-0.4, -0.2) is 51.9 Å². The van der Waals surface area contributed by atoms with Crippen molar-refractivity contribution in [2.75, 3.05) is 25.1 Å². The minimum atomic E-state index is -1.15. The van der Waals surface area contributed by atoms with Crippen LogP contribution in [-0.2, 0) is 14.4 Å². The average molecular weight is 658 g/mol. The van der Waals surface area contributed by atoms with Gasteiger partial charge in [-0.05, 0) is 99.7 Å². The second kappa shape index (κ2) is 12.2. The van der Waals surface area contributed by atoms with Gasteiger partial charge in [-0.25, -0.2) is 0 Å². The number of carbonyl (C=O) groups excluding carboxylic acids is 2. The quantitative estimate of drug-likeness (QED) is 0.268. The van der Waals surface area contributed by atoms with Crippen LogP contribution in [0.3, 0.4) is 0 Å². The lowest BCUT2D eigenvalue weighted by Gasteiger charge is -2.15. The highest BCUT2D eigenvalue weighted by Gasteiger charge is 2.33. The molecule has 0 aliphatic carbocycles. The van der Waals surface area contributed by atoms with Crippen LogP contribution in [0.15, 0.2) is 38.1 Å². The van der Waals surface area contributed by atoms with Gasteiger partial charge in [-0.1, -0.05) is 24.0 Å². The van der Waals surface area contributed by atoms with E-state index >= 15 is 0 Å². The number of carbonyl (C=O) groups is 3. The number of nitrogens with zero attached hydrogens (tertiary/aromatic N) is 1. The number of thioether (sulfide) groups is 1. The Labute approximate surface area is 234 Å². The predicted octanol–water partition coefficient (Wildman–Crippen LogP) is 5.53. The van der Waals surface area contributed by atoms with Gasteiger partial charge < -0.3 is 19.9 Å². The molecule has 190 valence electrons. The lowest BCUT2D eigenvalue weighted by molar-refractivity contribution is -0.140. The minimum absolute atomic E-state index is 0.180. The molecule has 1 saturated heterocycles. The first-order chi connectivity index (χ1) is 17.0. The number of thiocarbonyl (C=S) groups is 1. The molecule has 2 aromatic rings. The summed E-state index contributed by atoms with van der Waals surface area (Å²) in [5.41, 5.74) is 3.40. The van der Waals surface area contributed by atoms with E-state index in [0.717, 1.165) is 32.3 Å². The lowest BCUT2D eigenvalue weighted by Crippen LogP contribution is -2.33.